The summed E-state index contributed by atoms with van der Waals surface area (Å²) in [5.41, 5.74) is 3.44. The van der Waals surface area contributed by atoms with E-state index in [1.807, 2.05) is 18.2 Å². The predicted molar refractivity (Wildman–Crippen MR) is 138 cm³/mol. The van der Waals surface area contributed by atoms with E-state index < -0.39 is 39.2 Å². The van der Waals surface area contributed by atoms with Crippen LogP contribution in [0, 0.1) is 5.92 Å². The van der Waals surface area contributed by atoms with Crippen molar-refractivity contribution in [3.8, 4) is 0 Å². The number of nitrogens with one attached hydrogen (secondary N) is 2. The number of aliphatic hydroxyl groups excluding tert-OH is 1. The van der Waals surface area contributed by atoms with Gasteiger partial charge in [0.25, 0.3) is 5.92 Å². The van der Waals surface area contributed by atoms with Gasteiger partial charge in [-0.1, -0.05) is 18.9 Å². The topological polar surface area (TPSA) is 117 Å². The number of aromatic nitrogens is 2. The number of hydrogen-bond donors (Lipinski definition) is 3. The molecule has 38 heavy (non-hydrogen) atoms. The van der Waals surface area contributed by atoms with Gasteiger partial charge in [-0.2, -0.15) is 5.10 Å². The summed E-state index contributed by atoms with van der Waals surface area (Å²) in [5.74, 6) is -3.02. The Morgan fingerprint density at radius 3 is 2.76 bits per heavy atom. The summed E-state index contributed by atoms with van der Waals surface area (Å²) in [7, 11) is -3.52. The SMILES string of the molecule is CS(=O)(=O)CC(=O)Nc1c2c(nn1CCC1CC1)C[C@@]1(CCc3cc(N4CCC(F)(F)C4)ccc31)NC2O. The second kappa shape index (κ2) is 8.99. The molecule has 0 radical (unpaired) electrons. The minimum atomic E-state index is -3.52. The van der Waals surface area contributed by atoms with E-state index >= 15 is 0 Å². The smallest absolute Gasteiger partial charge is 0.266 e. The van der Waals surface area contributed by atoms with E-state index in [9.17, 15) is 27.1 Å². The van der Waals surface area contributed by atoms with Crippen LogP contribution in [0.25, 0.3) is 0 Å². The Morgan fingerprint density at radius 2 is 2.08 bits per heavy atom. The molecule has 3 N–H and O–H groups in total. The molecule has 1 amide bonds. The second-order valence-electron chi connectivity index (χ2n) is 11.5. The van der Waals surface area contributed by atoms with E-state index in [0.29, 0.717) is 48.9 Å². The fourth-order valence-corrected chi connectivity index (χ4v) is 6.80. The van der Waals surface area contributed by atoms with Crippen LogP contribution >= 0.6 is 0 Å². The normalized spacial score (nSPS) is 26.0. The van der Waals surface area contributed by atoms with Crippen molar-refractivity contribution in [1.82, 2.24) is 15.1 Å². The highest BCUT2D eigenvalue weighted by Crippen LogP contribution is 2.47. The summed E-state index contributed by atoms with van der Waals surface area (Å²) >= 11 is 0. The summed E-state index contributed by atoms with van der Waals surface area (Å²) < 4.78 is 52.6. The summed E-state index contributed by atoms with van der Waals surface area (Å²) in [6, 6.07) is 5.83. The lowest BCUT2D eigenvalue weighted by Crippen LogP contribution is -2.48. The number of aliphatic hydroxyl groups is 1. The summed E-state index contributed by atoms with van der Waals surface area (Å²) in [6.07, 6.45) is 4.90. The predicted octanol–water partition coefficient (Wildman–Crippen LogP) is 2.49. The van der Waals surface area contributed by atoms with Crippen LogP contribution in [0.5, 0.6) is 0 Å². The molecule has 12 heteroatoms. The molecule has 0 bridgehead atoms. The first-order valence-electron chi connectivity index (χ1n) is 13.2. The Labute approximate surface area is 220 Å². The number of amides is 1. The van der Waals surface area contributed by atoms with Gasteiger partial charge < -0.3 is 15.3 Å². The van der Waals surface area contributed by atoms with Crippen molar-refractivity contribution < 1.29 is 27.1 Å². The Morgan fingerprint density at radius 1 is 1.29 bits per heavy atom. The molecule has 1 spiro atoms. The van der Waals surface area contributed by atoms with E-state index in [4.69, 9.17) is 5.10 Å². The van der Waals surface area contributed by atoms with Crippen molar-refractivity contribution in [2.45, 2.75) is 69.2 Å². The number of carbonyl (C=O) groups is 1. The number of alkyl halides is 2. The van der Waals surface area contributed by atoms with Gasteiger partial charge >= 0.3 is 0 Å². The molecule has 6 rings (SSSR count). The second-order valence-corrected chi connectivity index (χ2v) is 13.6. The van der Waals surface area contributed by atoms with Gasteiger partial charge in [-0.3, -0.25) is 10.1 Å². The molecule has 1 unspecified atom stereocenters. The van der Waals surface area contributed by atoms with Gasteiger partial charge in [-0.15, -0.1) is 0 Å². The third-order valence-corrected chi connectivity index (χ3v) is 9.07. The van der Waals surface area contributed by atoms with Crippen molar-refractivity contribution in [3.63, 3.8) is 0 Å². The van der Waals surface area contributed by atoms with Crippen LogP contribution in [0.15, 0.2) is 18.2 Å². The maximum absolute atomic E-state index is 13.8. The zero-order valence-corrected chi connectivity index (χ0v) is 22.2. The number of nitrogens with zero attached hydrogens (tertiary/aromatic N) is 3. The summed E-state index contributed by atoms with van der Waals surface area (Å²) in [6.45, 7) is 0.610. The fourth-order valence-electron chi connectivity index (χ4n) is 6.25. The van der Waals surface area contributed by atoms with Crippen molar-refractivity contribution in [3.05, 3.63) is 40.6 Å². The number of fused-ring (bicyclic) bond motifs is 3. The zero-order valence-electron chi connectivity index (χ0n) is 21.3. The number of halogens is 2. The number of carbonyl (C=O) groups excluding carboxylic acids is 1. The van der Waals surface area contributed by atoms with Crippen LogP contribution < -0.4 is 15.5 Å². The summed E-state index contributed by atoms with van der Waals surface area (Å²) in [4.78, 5) is 14.3. The largest absolute Gasteiger partial charge is 0.374 e. The lowest BCUT2D eigenvalue weighted by molar-refractivity contribution is -0.113. The molecule has 2 atom stereocenters. The van der Waals surface area contributed by atoms with E-state index in [0.717, 1.165) is 48.8 Å². The Kier molecular flexibility index (Phi) is 6.08. The molecule has 2 aliphatic carbocycles. The first kappa shape index (κ1) is 25.7. The van der Waals surface area contributed by atoms with Crippen molar-refractivity contribution in [1.29, 1.82) is 0 Å². The number of anilines is 2. The molecule has 4 aliphatic rings. The molecule has 1 aromatic heterocycles. The third-order valence-electron chi connectivity index (χ3n) is 8.28. The number of benzene rings is 1. The van der Waals surface area contributed by atoms with Gasteiger partial charge in [0.1, 0.15) is 17.8 Å². The third kappa shape index (κ3) is 4.93. The van der Waals surface area contributed by atoms with Gasteiger partial charge in [-0.25, -0.2) is 21.9 Å². The molecular weight excluding hydrogens is 516 g/mol. The molecule has 2 fully saturated rings. The average molecular weight is 550 g/mol. The van der Waals surface area contributed by atoms with Crippen LogP contribution in [-0.2, 0) is 39.6 Å². The molecule has 2 aliphatic heterocycles. The van der Waals surface area contributed by atoms with Crippen LogP contribution in [0.3, 0.4) is 0 Å². The highest BCUT2D eigenvalue weighted by molar-refractivity contribution is 7.91. The molecule has 1 aromatic carbocycles. The van der Waals surface area contributed by atoms with Crippen LogP contribution in [0.4, 0.5) is 20.3 Å². The van der Waals surface area contributed by atoms with E-state index in [2.05, 4.69) is 10.6 Å². The average Bonchev–Trinajstić information content (AvgIpc) is 3.37. The monoisotopic (exact) mass is 549 g/mol. The quantitative estimate of drug-likeness (QED) is 0.486. The molecule has 2 aromatic rings. The first-order valence-corrected chi connectivity index (χ1v) is 15.3. The number of sulfone groups is 1. The van der Waals surface area contributed by atoms with Crippen LogP contribution in [-0.4, -0.2) is 60.2 Å². The molecule has 9 nitrogen and oxygen atoms in total. The highest BCUT2D eigenvalue weighted by atomic mass is 32.2. The van der Waals surface area contributed by atoms with Gasteiger partial charge in [0.15, 0.2) is 9.84 Å². The van der Waals surface area contributed by atoms with Crippen molar-refractivity contribution >= 4 is 27.2 Å². The Balaban J connectivity index is 1.29. The minimum Gasteiger partial charge on any atom is -0.374 e. The maximum Gasteiger partial charge on any atom is 0.266 e. The van der Waals surface area contributed by atoms with Gasteiger partial charge in [0, 0.05) is 37.9 Å². The van der Waals surface area contributed by atoms with E-state index in [-0.39, 0.29) is 13.0 Å². The molecule has 3 heterocycles. The number of hydrogen-bond acceptors (Lipinski definition) is 7. The van der Waals surface area contributed by atoms with E-state index in [1.165, 1.54) is 0 Å². The van der Waals surface area contributed by atoms with Crippen LogP contribution in [0.2, 0.25) is 0 Å². The van der Waals surface area contributed by atoms with E-state index in [1.54, 1.807) is 9.58 Å². The van der Waals surface area contributed by atoms with Crippen molar-refractivity contribution in [2.24, 2.45) is 5.92 Å². The zero-order chi connectivity index (χ0) is 26.9. The minimum absolute atomic E-state index is 0.142. The number of rotatable bonds is 7. The van der Waals surface area contributed by atoms with Crippen LogP contribution in [0.1, 0.15) is 60.7 Å². The lowest BCUT2D eigenvalue weighted by atomic mass is 9.82. The molecular formula is C26H33F2N5O4S. The lowest BCUT2D eigenvalue weighted by Gasteiger charge is -2.38. The van der Waals surface area contributed by atoms with Crippen molar-refractivity contribution in [2.75, 3.05) is 35.3 Å². The molecule has 1 saturated heterocycles. The standard InChI is InChI=1S/C26H33F2N5O4S/c1-38(36,37)14-21(34)29-23-22-20(31-33(23)10-7-16-2-3-16)13-25(30-24(22)35)8-6-17-12-18(4-5-19(17)25)32-11-9-26(27,28)15-32/h4-5,12,16,24,30,35H,2-3,6-11,13-15H2,1H3,(H,29,34)/t24?,25-/m1/s1. The fraction of sp³-hybridized carbons (Fsp3) is 0.615. The molecule has 206 valence electrons. The first-order chi connectivity index (χ1) is 17.9. The Hall–Kier alpha value is -2.57. The maximum atomic E-state index is 13.8. The van der Waals surface area contributed by atoms with Gasteiger partial charge in [0.05, 0.1) is 23.3 Å². The van der Waals surface area contributed by atoms with Gasteiger partial charge in [-0.05, 0) is 48.4 Å². The number of aryl methyl sites for hydroxylation is 2. The molecule has 1 saturated carbocycles. The highest BCUT2D eigenvalue weighted by Gasteiger charge is 2.47. The van der Waals surface area contributed by atoms with Gasteiger partial charge in [0.2, 0.25) is 5.91 Å². The Bertz CT molecular complexity index is 1390. The summed E-state index contributed by atoms with van der Waals surface area (Å²) in [5, 5.41) is 22.2.